The quantitative estimate of drug-likeness (QED) is 0.449. The highest BCUT2D eigenvalue weighted by molar-refractivity contribution is 7.91. The van der Waals surface area contributed by atoms with E-state index in [1.165, 1.54) is 0 Å². The molecule has 21 heavy (non-hydrogen) atoms. The number of rotatable bonds is 10. The first kappa shape index (κ1) is 19.9. The molecule has 0 aliphatic carbocycles. The Hall–Kier alpha value is -1.11. The molecule has 0 rings (SSSR count). The van der Waals surface area contributed by atoms with Gasteiger partial charge in [0, 0.05) is 5.75 Å². The van der Waals surface area contributed by atoms with Crippen molar-refractivity contribution in [3.05, 3.63) is 0 Å². The third-order valence-corrected chi connectivity index (χ3v) is 5.22. The van der Waals surface area contributed by atoms with Crippen LogP contribution >= 0.6 is 0 Å². The van der Waals surface area contributed by atoms with Crippen LogP contribution in [0.3, 0.4) is 0 Å². The first-order chi connectivity index (χ1) is 9.79. The Bertz CT molecular complexity index is 422. The molecule has 0 saturated heterocycles. The summed E-state index contributed by atoms with van der Waals surface area (Å²) >= 11 is 0. The summed E-state index contributed by atoms with van der Waals surface area (Å²) in [5.74, 6) is -1.28. The molecule has 0 fully saturated rings. The SMILES string of the molecule is CCOC(=O)C(CC)(CCCS(=O)(=O)CC)C(=O)OCC. The number of hydrogen-bond donors (Lipinski definition) is 0. The van der Waals surface area contributed by atoms with Crippen LogP contribution in [0.25, 0.3) is 0 Å². The third kappa shape index (κ3) is 5.65. The fourth-order valence-corrected chi connectivity index (χ4v) is 2.90. The molecular formula is C14H26O6S. The summed E-state index contributed by atoms with van der Waals surface area (Å²) in [7, 11) is -3.13. The summed E-state index contributed by atoms with van der Waals surface area (Å²) in [6.07, 6.45) is 0.554. The number of sulfone groups is 1. The van der Waals surface area contributed by atoms with Crippen molar-refractivity contribution in [2.24, 2.45) is 5.41 Å². The molecule has 0 N–H and O–H groups in total. The van der Waals surface area contributed by atoms with Crippen molar-refractivity contribution >= 4 is 21.8 Å². The Balaban J connectivity index is 5.11. The van der Waals surface area contributed by atoms with Crippen molar-refractivity contribution in [2.75, 3.05) is 24.7 Å². The van der Waals surface area contributed by atoms with Gasteiger partial charge in [-0.15, -0.1) is 0 Å². The molecule has 0 saturated carbocycles. The largest absolute Gasteiger partial charge is 0.465 e. The average molecular weight is 322 g/mol. The molecule has 0 unspecified atom stereocenters. The minimum absolute atomic E-state index is 0.0466. The van der Waals surface area contributed by atoms with Gasteiger partial charge in [-0.2, -0.15) is 0 Å². The molecule has 0 heterocycles. The maximum absolute atomic E-state index is 12.2. The van der Waals surface area contributed by atoms with E-state index in [1.807, 2.05) is 0 Å². The second kappa shape index (κ2) is 9.02. The maximum atomic E-state index is 12.2. The zero-order chi connectivity index (χ0) is 16.5. The topological polar surface area (TPSA) is 86.7 Å². The predicted molar refractivity (Wildman–Crippen MR) is 79.6 cm³/mol. The van der Waals surface area contributed by atoms with E-state index < -0.39 is 27.2 Å². The van der Waals surface area contributed by atoms with Gasteiger partial charge in [0.1, 0.15) is 9.84 Å². The minimum atomic E-state index is -3.13. The van der Waals surface area contributed by atoms with Crippen molar-refractivity contribution in [3.63, 3.8) is 0 Å². The highest BCUT2D eigenvalue weighted by atomic mass is 32.2. The fraction of sp³-hybridized carbons (Fsp3) is 0.857. The molecule has 124 valence electrons. The number of hydrogen-bond acceptors (Lipinski definition) is 6. The van der Waals surface area contributed by atoms with E-state index in [0.717, 1.165) is 0 Å². The summed E-state index contributed by atoms with van der Waals surface area (Å²) < 4.78 is 33.0. The number of esters is 2. The predicted octanol–water partition coefficient (Wildman–Crippen LogP) is 1.72. The van der Waals surface area contributed by atoms with Crippen LogP contribution in [-0.4, -0.2) is 45.1 Å². The molecule has 0 spiro atoms. The van der Waals surface area contributed by atoms with Crippen molar-refractivity contribution in [3.8, 4) is 0 Å². The van der Waals surface area contributed by atoms with Gasteiger partial charge >= 0.3 is 11.9 Å². The van der Waals surface area contributed by atoms with Gasteiger partial charge in [-0.1, -0.05) is 13.8 Å². The molecular weight excluding hydrogens is 296 g/mol. The normalized spacial score (nSPS) is 12.0. The van der Waals surface area contributed by atoms with E-state index in [-0.39, 0.29) is 44.0 Å². The van der Waals surface area contributed by atoms with Crippen LogP contribution in [-0.2, 0) is 28.9 Å². The van der Waals surface area contributed by atoms with Gasteiger partial charge in [0.25, 0.3) is 0 Å². The zero-order valence-corrected chi connectivity index (χ0v) is 14.1. The maximum Gasteiger partial charge on any atom is 0.323 e. The molecule has 0 bridgehead atoms. The van der Waals surface area contributed by atoms with E-state index in [1.54, 1.807) is 27.7 Å². The molecule has 0 aliphatic rings. The molecule has 7 heteroatoms. The lowest BCUT2D eigenvalue weighted by molar-refractivity contribution is -0.173. The van der Waals surface area contributed by atoms with Gasteiger partial charge < -0.3 is 9.47 Å². The van der Waals surface area contributed by atoms with Crippen LogP contribution in [0.4, 0.5) is 0 Å². The lowest BCUT2D eigenvalue weighted by atomic mass is 9.80. The van der Waals surface area contributed by atoms with Gasteiger partial charge in [0.05, 0.1) is 19.0 Å². The standard InChI is InChI=1S/C14H26O6S/c1-5-14(12(15)19-6-2,13(16)20-7-3)10-9-11-21(17,18)8-4/h5-11H2,1-4H3. The molecule has 6 nitrogen and oxygen atoms in total. The Morgan fingerprint density at radius 3 is 1.76 bits per heavy atom. The van der Waals surface area contributed by atoms with Crippen LogP contribution < -0.4 is 0 Å². The van der Waals surface area contributed by atoms with Crippen molar-refractivity contribution < 1.29 is 27.5 Å². The summed E-state index contributed by atoms with van der Waals surface area (Å²) in [6, 6.07) is 0. The summed E-state index contributed by atoms with van der Waals surface area (Å²) in [6.45, 7) is 6.90. The van der Waals surface area contributed by atoms with Crippen molar-refractivity contribution in [1.82, 2.24) is 0 Å². The monoisotopic (exact) mass is 322 g/mol. The second-order valence-electron chi connectivity index (χ2n) is 4.72. The highest BCUT2D eigenvalue weighted by Crippen LogP contribution is 2.32. The third-order valence-electron chi connectivity index (χ3n) is 3.43. The van der Waals surface area contributed by atoms with Crippen LogP contribution in [0.2, 0.25) is 0 Å². The molecule has 0 atom stereocenters. The van der Waals surface area contributed by atoms with Crippen LogP contribution in [0.1, 0.15) is 47.0 Å². The molecule has 0 radical (unpaired) electrons. The molecule has 0 amide bonds. The van der Waals surface area contributed by atoms with Gasteiger partial charge in [-0.05, 0) is 33.1 Å². The smallest absolute Gasteiger partial charge is 0.323 e. The van der Waals surface area contributed by atoms with Crippen molar-refractivity contribution in [1.29, 1.82) is 0 Å². The Kier molecular flexibility index (Phi) is 8.54. The summed E-state index contributed by atoms with van der Waals surface area (Å²) in [5.41, 5.74) is -1.41. The van der Waals surface area contributed by atoms with Gasteiger partial charge in [0.15, 0.2) is 5.41 Å². The number of ether oxygens (including phenoxy) is 2. The second-order valence-corrected chi connectivity index (χ2v) is 7.19. The van der Waals surface area contributed by atoms with E-state index in [9.17, 15) is 18.0 Å². The average Bonchev–Trinajstić information content (AvgIpc) is 2.44. The summed E-state index contributed by atoms with van der Waals surface area (Å²) in [5, 5.41) is 0. The van der Waals surface area contributed by atoms with E-state index >= 15 is 0 Å². The van der Waals surface area contributed by atoms with Crippen LogP contribution in [0, 0.1) is 5.41 Å². The molecule has 0 aliphatic heterocycles. The number of carbonyl (C=O) groups is 2. The first-order valence-corrected chi connectivity index (χ1v) is 9.16. The molecule has 0 aromatic carbocycles. The van der Waals surface area contributed by atoms with Crippen LogP contribution in [0.15, 0.2) is 0 Å². The molecule has 0 aromatic heterocycles. The first-order valence-electron chi connectivity index (χ1n) is 7.34. The van der Waals surface area contributed by atoms with E-state index in [4.69, 9.17) is 9.47 Å². The lowest BCUT2D eigenvalue weighted by Crippen LogP contribution is -2.42. The van der Waals surface area contributed by atoms with E-state index in [0.29, 0.717) is 0 Å². The van der Waals surface area contributed by atoms with Crippen LogP contribution in [0.5, 0.6) is 0 Å². The molecule has 0 aromatic rings. The van der Waals surface area contributed by atoms with Gasteiger partial charge in [-0.25, -0.2) is 8.42 Å². The Labute approximate surface area is 127 Å². The van der Waals surface area contributed by atoms with Crippen molar-refractivity contribution in [2.45, 2.75) is 47.0 Å². The lowest BCUT2D eigenvalue weighted by Gasteiger charge is -2.27. The Morgan fingerprint density at radius 2 is 1.43 bits per heavy atom. The summed E-state index contributed by atoms with van der Waals surface area (Å²) in [4.78, 5) is 24.3. The zero-order valence-electron chi connectivity index (χ0n) is 13.3. The fourth-order valence-electron chi connectivity index (χ4n) is 2.03. The Morgan fingerprint density at radius 1 is 0.952 bits per heavy atom. The highest BCUT2D eigenvalue weighted by Gasteiger charge is 2.46. The van der Waals surface area contributed by atoms with Gasteiger partial charge in [-0.3, -0.25) is 9.59 Å². The van der Waals surface area contributed by atoms with E-state index in [2.05, 4.69) is 0 Å². The minimum Gasteiger partial charge on any atom is -0.465 e. The van der Waals surface area contributed by atoms with Gasteiger partial charge in [0.2, 0.25) is 0 Å². The number of carbonyl (C=O) groups excluding carboxylic acids is 2.